The van der Waals surface area contributed by atoms with Gasteiger partial charge in [0.05, 0.1) is 0 Å². The third-order valence-corrected chi connectivity index (χ3v) is 1.48. The normalized spacial score (nSPS) is 14.7. The number of ether oxygens (including phenoxy) is 1. The van der Waals surface area contributed by atoms with Gasteiger partial charge >= 0.3 is 0 Å². The Morgan fingerprint density at radius 1 is 1.60 bits per heavy atom. The Hall–Kier alpha value is 0.0374. The molecule has 0 N–H and O–H groups in total. The molecule has 0 saturated heterocycles. The Balaban J connectivity index is 0.000000810. The van der Waals surface area contributed by atoms with E-state index in [1.165, 1.54) is 5.57 Å². The van der Waals surface area contributed by atoms with E-state index >= 15 is 0 Å². The molecule has 0 aliphatic heterocycles. The average Bonchev–Trinajstić information content (AvgIpc) is 2.34. The van der Waals surface area contributed by atoms with Crippen LogP contribution in [0, 0.1) is 0 Å². The third kappa shape index (κ3) is 3.27. The van der Waals surface area contributed by atoms with Gasteiger partial charge in [0.2, 0.25) is 0 Å². The molecule has 0 bridgehead atoms. The minimum absolute atomic E-state index is 0. The molecule has 1 aliphatic carbocycles. The molecule has 0 atom stereocenters. The first-order valence-electron chi connectivity index (χ1n) is 3.27. The molecule has 1 nitrogen and oxygen atoms in total. The smallest absolute Gasteiger partial charge is 0.0499 e. The van der Waals surface area contributed by atoms with Crippen LogP contribution in [-0.2, 0) is 4.74 Å². The van der Waals surface area contributed by atoms with Gasteiger partial charge in [-0.3, -0.25) is 0 Å². The fraction of sp³-hybridized carbons (Fsp3) is 0.500. The Morgan fingerprint density at radius 3 is 2.90 bits per heavy atom. The van der Waals surface area contributed by atoms with Gasteiger partial charge in [-0.25, -0.2) is 0 Å². The molecular weight excluding hydrogens is 119 g/mol. The zero-order chi connectivity index (χ0) is 6.53. The summed E-state index contributed by atoms with van der Waals surface area (Å²) in [6, 6.07) is 0. The van der Waals surface area contributed by atoms with Crippen molar-refractivity contribution < 1.29 is 4.74 Å². The van der Waals surface area contributed by atoms with Crippen molar-refractivity contribution in [2.24, 2.45) is 0 Å². The fourth-order valence-electron chi connectivity index (χ4n) is 0.910. The van der Waals surface area contributed by atoms with Gasteiger partial charge in [0.25, 0.3) is 0 Å². The summed E-state index contributed by atoms with van der Waals surface area (Å²) < 4.78 is 4.94. The van der Waals surface area contributed by atoms with Crippen LogP contribution in [0.1, 0.15) is 12.8 Å². The summed E-state index contributed by atoms with van der Waals surface area (Å²) in [7, 11) is 1.74. The second kappa shape index (κ2) is 5.79. The van der Waals surface area contributed by atoms with Crippen LogP contribution in [0.4, 0.5) is 0 Å². The van der Waals surface area contributed by atoms with Crippen molar-refractivity contribution in [3.8, 4) is 0 Å². The Morgan fingerprint density at radius 2 is 2.40 bits per heavy atom. The number of hydrogen-bond acceptors (Lipinski definition) is 1. The zero-order valence-corrected chi connectivity index (χ0v) is 6.76. The standard InChI is InChI=1S/C8H12O.Li/c1-9-7-6-8-4-2-3-5-8;/h2-4H,5-7H2,1H3;. The van der Waals surface area contributed by atoms with Gasteiger partial charge in [-0.05, 0) is 12.8 Å². The molecule has 51 valence electrons. The zero-order valence-electron chi connectivity index (χ0n) is 6.76. The Kier molecular flexibility index (Phi) is 5.82. The van der Waals surface area contributed by atoms with Gasteiger partial charge in [-0.2, -0.15) is 0 Å². The number of methoxy groups -OCH3 is 1. The van der Waals surface area contributed by atoms with Gasteiger partial charge in [-0.15, -0.1) is 0 Å². The molecule has 0 amide bonds. The minimum Gasteiger partial charge on any atom is -0.384 e. The molecule has 0 heterocycles. The molecule has 0 aromatic heterocycles. The molecule has 0 saturated carbocycles. The van der Waals surface area contributed by atoms with E-state index in [0.29, 0.717) is 0 Å². The second-order valence-corrected chi connectivity index (χ2v) is 2.20. The molecule has 1 aliphatic rings. The van der Waals surface area contributed by atoms with Crippen LogP contribution in [0.15, 0.2) is 23.8 Å². The molecule has 0 aromatic carbocycles. The van der Waals surface area contributed by atoms with Crippen molar-refractivity contribution in [2.75, 3.05) is 13.7 Å². The van der Waals surface area contributed by atoms with E-state index in [2.05, 4.69) is 18.2 Å². The molecule has 10 heavy (non-hydrogen) atoms. The van der Waals surface area contributed by atoms with E-state index in [9.17, 15) is 0 Å². The minimum atomic E-state index is 0. The Bertz CT molecular complexity index is 138. The van der Waals surface area contributed by atoms with Gasteiger partial charge in [0.15, 0.2) is 0 Å². The van der Waals surface area contributed by atoms with Gasteiger partial charge in [0.1, 0.15) is 0 Å². The molecule has 0 spiro atoms. The van der Waals surface area contributed by atoms with E-state index in [4.69, 9.17) is 4.74 Å². The monoisotopic (exact) mass is 131 g/mol. The van der Waals surface area contributed by atoms with Crippen molar-refractivity contribution >= 4 is 18.9 Å². The van der Waals surface area contributed by atoms with Crippen LogP contribution in [0.3, 0.4) is 0 Å². The van der Waals surface area contributed by atoms with Crippen LogP contribution in [0.2, 0.25) is 0 Å². The third-order valence-electron chi connectivity index (χ3n) is 1.48. The largest absolute Gasteiger partial charge is 0.384 e. The summed E-state index contributed by atoms with van der Waals surface area (Å²) in [6.07, 6.45) is 8.65. The van der Waals surface area contributed by atoms with Gasteiger partial charge < -0.3 is 4.74 Å². The maximum absolute atomic E-state index is 4.94. The maximum Gasteiger partial charge on any atom is 0.0499 e. The summed E-state index contributed by atoms with van der Waals surface area (Å²) in [4.78, 5) is 0. The van der Waals surface area contributed by atoms with E-state index < -0.39 is 0 Å². The van der Waals surface area contributed by atoms with Crippen LogP contribution >= 0.6 is 0 Å². The first-order chi connectivity index (χ1) is 4.43. The van der Waals surface area contributed by atoms with Crippen LogP contribution < -0.4 is 0 Å². The first kappa shape index (κ1) is 10.0. The topological polar surface area (TPSA) is 9.23 Å². The van der Waals surface area contributed by atoms with Crippen LogP contribution in [-0.4, -0.2) is 32.6 Å². The number of allylic oxidation sites excluding steroid dienone is 3. The number of hydrogen-bond donors (Lipinski definition) is 0. The first-order valence-corrected chi connectivity index (χ1v) is 3.27. The van der Waals surface area contributed by atoms with Crippen molar-refractivity contribution in [2.45, 2.75) is 12.8 Å². The second-order valence-electron chi connectivity index (χ2n) is 2.20. The molecule has 0 fully saturated rings. The van der Waals surface area contributed by atoms with Crippen molar-refractivity contribution in [3.63, 3.8) is 0 Å². The molecule has 0 unspecified atom stereocenters. The van der Waals surface area contributed by atoms with E-state index in [1.807, 2.05) is 0 Å². The maximum atomic E-state index is 4.94. The van der Waals surface area contributed by atoms with Gasteiger partial charge in [0, 0.05) is 32.6 Å². The quantitative estimate of drug-likeness (QED) is 0.528. The van der Waals surface area contributed by atoms with Gasteiger partial charge in [-0.1, -0.05) is 23.8 Å². The predicted molar refractivity (Wildman–Crippen MR) is 44.1 cm³/mol. The van der Waals surface area contributed by atoms with Crippen molar-refractivity contribution in [1.82, 2.24) is 0 Å². The molecule has 0 aromatic rings. The van der Waals surface area contributed by atoms with Crippen LogP contribution in [0.25, 0.3) is 0 Å². The molecule has 2 heteroatoms. The van der Waals surface area contributed by atoms with Crippen molar-refractivity contribution in [1.29, 1.82) is 0 Å². The average molecular weight is 131 g/mol. The van der Waals surface area contributed by atoms with Crippen molar-refractivity contribution in [3.05, 3.63) is 23.8 Å². The molecular formula is C8H12LiO. The van der Waals surface area contributed by atoms with E-state index in [1.54, 1.807) is 7.11 Å². The summed E-state index contributed by atoms with van der Waals surface area (Å²) in [5.74, 6) is 0. The predicted octanol–water partition coefficient (Wildman–Crippen LogP) is 1.53. The van der Waals surface area contributed by atoms with Crippen LogP contribution in [0.5, 0.6) is 0 Å². The SMILES string of the molecule is COCCC1=CC=CC1.[Li]. The summed E-state index contributed by atoms with van der Waals surface area (Å²) in [5, 5.41) is 0. The molecule has 1 radical (unpaired) electrons. The summed E-state index contributed by atoms with van der Waals surface area (Å²) in [5.41, 5.74) is 1.48. The number of rotatable bonds is 3. The van der Waals surface area contributed by atoms with E-state index in [-0.39, 0.29) is 18.9 Å². The van der Waals surface area contributed by atoms with E-state index in [0.717, 1.165) is 19.4 Å². The fourth-order valence-corrected chi connectivity index (χ4v) is 0.910. The molecule has 1 rings (SSSR count). The summed E-state index contributed by atoms with van der Waals surface area (Å²) >= 11 is 0. The summed E-state index contributed by atoms with van der Waals surface area (Å²) in [6.45, 7) is 0.855. The Labute approximate surface area is 74.3 Å².